The minimum absolute atomic E-state index is 0.224. The van der Waals surface area contributed by atoms with Crippen LogP contribution in [0.5, 0.6) is 0 Å². The molecular weight excluding hydrogens is 230 g/mol. The number of terminal acetylenes is 1. The Hall–Kier alpha value is -1.83. The number of rotatable bonds is 1. The first-order chi connectivity index (χ1) is 8.69. The van der Waals surface area contributed by atoms with Crippen molar-refractivity contribution in [3.05, 3.63) is 29.3 Å². The second-order valence-electron chi connectivity index (χ2n) is 4.43. The molecule has 0 bridgehead atoms. The van der Waals surface area contributed by atoms with Crippen LogP contribution in [-0.4, -0.2) is 25.7 Å². The van der Waals surface area contributed by atoms with Crippen LogP contribution in [0.3, 0.4) is 0 Å². The first-order valence-corrected chi connectivity index (χ1v) is 5.83. The molecule has 0 atom stereocenters. The highest BCUT2D eigenvalue weighted by molar-refractivity contribution is 6.06. The van der Waals surface area contributed by atoms with Gasteiger partial charge in [-0.1, -0.05) is 17.6 Å². The lowest BCUT2D eigenvalue weighted by Crippen LogP contribution is -2.41. The lowest BCUT2D eigenvalue weighted by molar-refractivity contribution is -0.180. The summed E-state index contributed by atoms with van der Waals surface area (Å²) in [6, 6.07) is 5.76. The third-order valence-corrected chi connectivity index (χ3v) is 3.27. The van der Waals surface area contributed by atoms with Gasteiger partial charge in [-0.3, -0.25) is 9.69 Å². The molecule has 1 amide bonds. The molecule has 4 heteroatoms. The van der Waals surface area contributed by atoms with E-state index >= 15 is 0 Å². The summed E-state index contributed by atoms with van der Waals surface area (Å²) >= 11 is 0. The van der Waals surface area contributed by atoms with Crippen molar-refractivity contribution >= 4 is 11.6 Å². The molecule has 3 rings (SSSR count). The van der Waals surface area contributed by atoms with Gasteiger partial charge in [-0.05, 0) is 19.1 Å². The number of carbonyl (C=O) groups excluding carboxylic acids is 1. The Kier molecular flexibility index (Phi) is 2.40. The number of hydrogen-bond donors (Lipinski definition) is 0. The van der Waals surface area contributed by atoms with E-state index in [-0.39, 0.29) is 12.5 Å². The van der Waals surface area contributed by atoms with Gasteiger partial charge in [0.25, 0.3) is 11.7 Å². The van der Waals surface area contributed by atoms with Crippen LogP contribution >= 0.6 is 0 Å². The Labute approximate surface area is 105 Å². The fourth-order valence-electron chi connectivity index (χ4n) is 2.49. The third-order valence-electron chi connectivity index (χ3n) is 3.27. The first-order valence-electron chi connectivity index (χ1n) is 5.83. The van der Waals surface area contributed by atoms with Gasteiger partial charge in [-0.2, -0.15) is 0 Å². The lowest BCUT2D eigenvalue weighted by Gasteiger charge is -2.21. The fraction of sp³-hybridized carbons (Fsp3) is 0.357. The second kappa shape index (κ2) is 3.84. The van der Waals surface area contributed by atoms with E-state index in [1.54, 1.807) is 4.90 Å². The van der Waals surface area contributed by atoms with Gasteiger partial charge < -0.3 is 9.47 Å². The number of carbonyl (C=O) groups is 1. The summed E-state index contributed by atoms with van der Waals surface area (Å²) < 4.78 is 11.2. The number of ether oxygens (including phenoxy) is 2. The van der Waals surface area contributed by atoms with Crippen LogP contribution in [0.25, 0.3) is 0 Å². The monoisotopic (exact) mass is 243 g/mol. The first kappa shape index (κ1) is 11.3. The highest BCUT2D eigenvalue weighted by Crippen LogP contribution is 2.45. The van der Waals surface area contributed by atoms with Crippen LogP contribution in [0, 0.1) is 19.3 Å². The average Bonchev–Trinajstić information content (AvgIpc) is 2.92. The molecule has 0 aliphatic carbocycles. The number of anilines is 1. The molecule has 1 fully saturated rings. The standard InChI is InChI=1S/C14H13NO3/c1-3-6-15-12-5-4-10(2)9-11(12)14(13(15)16)17-7-8-18-14/h1,4-5,9H,6-8H2,2H3. The summed E-state index contributed by atoms with van der Waals surface area (Å²) in [6.45, 7) is 3.03. The number of benzene rings is 1. The predicted molar refractivity (Wildman–Crippen MR) is 65.9 cm³/mol. The molecule has 18 heavy (non-hydrogen) atoms. The summed E-state index contributed by atoms with van der Waals surface area (Å²) in [5.74, 6) is 1.01. The van der Waals surface area contributed by atoms with Crippen LogP contribution < -0.4 is 4.90 Å². The molecule has 4 nitrogen and oxygen atoms in total. The van der Waals surface area contributed by atoms with Gasteiger partial charge in [0.1, 0.15) is 0 Å². The van der Waals surface area contributed by atoms with Gasteiger partial charge in [0.05, 0.1) is 25.4 Å². The molecule has 0 N–H and O–H groups in total. The van der Waals surface area contributed by atoms with E-state index in [2.05, 4.69) is 5.92 Å². The van der Waals surface area contributed by atoms with E-state index in [1.165, 1.54) is 0 Å². The number of hydrogen-bond acceptors (Lipinski definition) is 3. The normalized spacial score (nSPS) is 20.2. The molecule has 1 aromatic carbocycles. The van der Waals surface area contributed by atoms with Crippen molar-refractivity contribution in [3.63, 3.8) is 0 Å². The Morgan fingerprint density at radius 3 is 2.83 bits per heavy atom. The molecular formula is C14H13NO3. The summed E-state index contributed by atoms with van der Waals surface area (Å²) in [7, 11) is 0. The van der Waals surface area contributed by atoms with E-state index < -0.39 is 5.79 Å². The summed E-state index contributed by atoms with van der Waals surface area (Å²) in [4.78, 5) is 14.0. The lowest BCUT2D eigenvalue weighted by atomic mass is 10.0. The van der Waals surface area contributed by atoms with E-state index in [4.69, 9.17) is 15.9 Å². The summed E-state index contributed by atoms with van der Waals surface area (Å²) in [5, 5.41) is 0. The molecule has 1 aromatic rings. The number of fused-ring (bicyclic) bond motifs is 2. The maximum atomic E-state index is 12.5. The molecule has 1 saturated heterocycles. The Morgan fingerprint density at radius 1 is 1.44 bits per heavy atom. The maximum Gasteiger partial charge on any atom is 0.293 e. The van der Waals surface area contributed by atoms with Crippen LogP contribution in [-0.2, 0) is 20.1 Å². The van der Waals surface area contributed by atoms with E-state index in [0.29, 0.717) is 13.2 Å². The van der Waals surface area contributed by atoms with Crippen LogP contribution in [0.1, 0.15) is 11.1 Å². The minimum Gasteiger partial charge on any atom is -0.336 e. The Bertz CT molecular complexity index is 553. The molecule has 0 saturated carbocycles. The Morgan fingerprint density at radius 2 is 2.17 bits per heavy atom. The highest BCUT2D eigenvalue weighted by atomic mass is 16.7. The van der Waals surface area contributed by atoms with Crippen molar-refractivity contribution in [2.75, 3.05) is 24.7 Å². The summed E-state index contributed by atoms with van der Waals surface area (Å²) in [6.07, 6.45) is 5.32. The van der Waals surface area contributed by atoms with Crippen LogP contribution in [0.4, 0.5) is 5.69 Å². The van der Waals surface area contributed by atoms with Crippen molar-refractivity contribution in [3.8, 4) is 12.3 Å². The van der Waals surface area contributed by atoms with Crippen molar-refractivity contribution in [1.82, 2.24) is 0 Å². The van der Waals surface area contributed by atoms with Gasteiger partial charge in [-0.15, -0.1) is 6.42 Å². The predicted octanol–water partition coefficient (Wildman–Crippen LogP) is 1.17. The average molecular weight is 243 g/mol. The zero-order valence-electron chi connectivity index (χ0n) is 10.1. The van der Waals surface area contributed by atoms with Crippen molar-refractivity contribution in [2.45, 2.75) is 12.7 Å². The van der Waals surface area contributed by atoms with Crippen LogP contribution in [0.2, 0.25) is 0 Å². The Balaban J connectivity index is 2.18. The summed E-state index contributed by atoms with van der Waals surface area (Å²) in [5.41, 5.74) is 2.60. The van der Waals surface area contributed by atoms with E-state index in [9.17, 15) is 4.79 Å². The van der Waals surface area contributed by atoms with Gasteiger partial charge in [0, 0.05) is 5.56 Å². The van der Waals surface area contributed by atoms with Crippen LogP contribution in [0.15, 0.2) is 18.2 Å². The van der Waals surface area contributed by atoms with Gasteiger partial charge in [-0.25, -0.2) is 0 Å². The fourth-order valence-corrected chi connectivity index (χ4v) is 2.49. The highest BCUT2D eigenvalue weighted by Gasteiger charge is 2.55. The molecule has 1 spiro atoms. The van der Waals surface area contributed by atoms with E-state index in [0.717, 1.165) is 16.8 Å². The molecule has 0 radical (unpaired) electrons. The van der Waals surface area contributed by atoms with Crippen molar-refractivity contribution < 1.29 is 14.3 Å². The zero-order chi connectivity index (χ0) is 12.8. The SMILES string of the molecule is C#CCN1C(=O)C2(OCCO2)c2cc(C)ccc21. The molecule has 0 aromatic heterocycles. The van der Waals surface area contributed by atoms with Gasteiger partial charge in [0.2, 0.25) is 0 Å². The molecule has 92 valence electrons. The topological polar surface area (TPSA) is 38.8 Å². The largest absolute Gasteiger partial charge is 0.336 e. The second-order valence-corrected chi connectivity index (χ2v) is 4.43. The molecule has 2 aliphatic rings. The van der Waals surface area contributed by atoms with Gasteiger partial charge in [0.15, 0.2) is 0 Å². The minimum atomic E-state index is -1.27. The maximum absolute atomic E-state index is 12.5. The van der Waals surface area contributed by atoms with Crippen molar-refractivity contribution in [1.29, 1.82) is 0 Å². The third kappa shape index (κ3) is 1.32. The number of amides is 1. The molecule has 0 unspecified atom stereocenters. The number of nitrogens with zero attached hydrogens (tertiary/aromatic N) is 1. The van der Waals surface area contributed by atoms with Gasteiger partial charge >= 0.3 is 0 Å². The quantitative estimate of drug-likeness (QED) is 0.695. The zero-order valence-corrected chi connectivity index (χ0v) is 10.1. The molecule has 2 aliphatic heterocycles. The molecule has 2 heterocycles. The van der Waals surface area contributed by atoms with E-state index in [1.807, 2.05) is 25.1 Å². The number of aryl methyl sites for hydroxylation is 1. The van der Waals surface area contributed by atoms with Crippen molar-refractivity contribution in [2.24, 2.45) is 0 Å². The smallest absolute Gasteiger partial charge is 0.293 e.